The van der Waals surface area contributed by atoms with E-state index in [0.29, 0.717) is 29.5 Å². The van der Waals surface area contributed by atoms with Gasteiger partial charge in [-0.05, 0) is 19.1 Å². The second-order valence-corrected chi connectivity index (χ2v) is 5.80. The molecule has 0 unspecified atom stereocenters. The number of fused-ring (bicyclic) bond motifs is 2. The third-order valence-electron chi connectivity index (χ3n) is 4.04. The number of hydrogen-bond acceptors (Lipinski definition) is 3. The van der Waals surface area contributed by atoms with Crippen LogP contribution >= 0.6 is 11.6 Å². The summed E-state index contributed by atoms with van der Waals surface area (Å²) < 4.78 is 2.14. The molecule has 1 N–H and O–H groups in total. The third kappa shape index (κ3) is 1.99. The average Bonchev–Trinajstić information content (AvgIpc) is 3.11. The van der Waals surface area contributed by atoms with E-state index in [1.54, 1.807) is 11.0 Å². The number of H-pyrrole nitrogens is 1. The van der Waals surface area contributed by atoms with E-state index in [2.05, 4.69) is 19.5 Å². The van der Waals surface area contributed by atoms with Crippen LogP contribution in [0, 0.1) is 6.92 Å². The summed E-state index contributed by atoms with van der Waals surface area (Å²) in [7, 11) is 0. The maximum absolute atomic E-state index is 12.7. The van der Waals surface area contributed by atoms with E-state index in [1.165, 1.54) is 0 Å². The van der Waals surface area contributed by atoms with Crippen LogP contribution in [0.3, 0.4) is 0 Å². The van der Waals surface area contributed by atoms with Gasteiger partial charge in [-0.1, -0.05) is 17.7 Å². The quantitative estimate of drug-likeness (QED) is 0.749. The number of aromatic amines is 1. The molecule has 6 nitrogen and oxygen atoms in total. The van der Waals surface area contributed by atoms with Gasteiger partial charge in [-0.15, -0.1) is 0 Å². The maximum atomic E-state index is 12.7. The number of hydrogen-bond donors (Lipinski definition) is 1. The molecule has 2 aromatic heterocycles. The van der Waals surface area contributed by atoms with Crippen molar-refractivity contribution >= 4 is 28.5 Å². The number of carbonyl (C=O) groups is 1. The van der Waals surface area contributed by atoms with Crippen LogP contribution in [-0.4, -0.2) is 36.9 Å². The van der Waals surface area contributed by atoms with Crippen LogP contribution < -0.4 is 0 Å². The van der Waals surface area contributed by atoms with E-state index >= 15 is 0 Å². The molecule has 0 saturated carbocycles. The Balaban J connectivity index is 1.65. The number of imidazole rings is 2. The van der Waals surface area contributed by atoms with Gasteiger partial charge in [-0.3, -0.25) is 4.79 Å². The summed E-state index contributed by atoms with van der Waals surface area (Å²) in [5.74, 6) is 1.20. The number of aromatic nitrogens is 4. The first-order valence-corrected chi connectivity index (χ1v) is 7.46. The van der Waals surface area contributed by atoms with E-state index in [-0.39, 0.29) is 5.91 Å². The topological polar surface area (TPSA) is 66.8 Å². The highest BCUT2D eigenvalue weighted by Crippen LogP contribution is 2.22. The molecule has 22 heavy (non-hydrogen) atoms. The molecule has 7 heteroatoms. The Labute approximate surface area is 131 Å². The fourth-order valence-corrected chi connectivity index (χ4v) is 3.08. The Morgan fingerprint density at radius 1 is 1.36 bits per heavy atom. The van der Waals surface area contributed by atoms with Crippen LogP contribution in [0.5, 0.6) is 0 Å². The van der Waals surface area contributed by atoms with Crippen LogP contribution in [-0.2, 0) is 13.1 Å². The molecule has 1 aromatic carbocycles. The zero-order valence-corrected chi connectivity index (χ0v) is 12.8. The first-order chi connectivity index (χ1) is 10.6. The van der Waals surface area contributed by atoms with Gasteiger partial charge in [0.05, 0.1) is 29.0 Å². The van der Waals surface area contributed by atoms with Gasteiger partial charge < -0.3 is 14.5 Å². The molecular formula is C15H14ClN5O. The lowest BCUT2D eigenvalue weighted by molar-refractivity contribution is 0.0699. The first-order valence-electron chi connectivity index (χ1n) is 7.08. The average molecular weight is 316 g/mol. The minimum atomic E-state index is -0.114. The zero-order valence-electron chi connectivity index (χ0n) is 12.0. The van der Waals surface area contributed by atoms with Crippen LogP contribution in [0.2, 0.25) is 5.02 Å². The summed E-state index contributed by atoms with van der Waals surface area (Å²) in [6.07, 6.45) is 1.82. The van der Waals surface area contributed by atoms with Crippen LogP contribution in [0.4, 0.5) is 0 Å². The molecule has 1 aliphatic rings. The summed E-state index contributed by atoms with van der Waals surface area (Å²) in [6.45, 7) is 3.92. The van der Waals surface area contributed by atoms with E-state index in [9.17, 15) is 4.79 Å². The van der Waals surface area contributed by atoms with E-state index in [4.69, 9.17) is 11.6 Å². The molecule has 0 spiro atoms. The number of nitrogens with zero attached hydrogens (tertiary/aromatic N) is 4. The van der Waals surface area contributed by atoms with Crippen LogP contribution in [0.25, 0.3) is 11.0 Å². The first kappa shape index (κ1) is 13.3. The number of halogens is 1. The standard InChI is InChI=1S/C15H14ClN5O/c1-9-17-7-10-8-20(5-6-21(9)10)15(22)14-18-12-4-2-3-11(16)13(12)19-14/h2-4,7H,5-6,8H2,1H3,(H,18,19). The van der Waals surface area contributed by atoms with Crippen molar-refractivity contribution in [2.24, 2.45) is 0 Å². The van der Waals surface area contributed by atoms with Gasteiger partial charge in [0.25, 0.3) is 5.91 Å². The third-order valence-corrected chi connectivity index (χ3v) is 4.34. The lowest BCUT2D eigenvalue weighted by atomic mass is 10.3. The molecule has 1 aliphatic heterocycles. The van der Waals surface area contributed by atoms with Gasteiger partial charge in [-0.25, -0.2) is 9.97 Å². The minimum absolute atomic E-state index is 0.114. The van der Waals surface area contributed by atoms with Gasteiger partial charge in [-0.2, -0.15) is 0 Å². The van der Waals surface area contributed by atoms with Gasteiger partial charge in [0, 0.05) is 13.1 Å². The number of amides is 1. The van der Waals surface area contributed by atoms with E-state index < -0.39 is 0 Å². The number of benzene rings is 1. The van der Waals surface area contributed by atoms with Crippen LogP contribution in [0.15, 0.2) is 24.4 Å². The Bertz CT molecular complexity index is 881. The Morgan fingerprint density at radius 2 is 2.23 bits per heavy atom. The van der Waals surface area contributed by atoms with E-state index in [1.807, 2.05) is 25.3 Å². The summed E-state index contributed by atoms with van der Waals surface area (Å²) in [6, 6.07) is 5.46. The number of carbonyl (C=O) groups excluding carboxylic acids is 1. The fraction of sp³-hybridized carbons (Fsp3) is 0.267. The molecule has 0 bridgehead atoms. The predicted octanol–water partition coefficient (Wildman–Crippen LogP) is 2.38. The van der Waals surface area contributed by atoms with E-state index in [0.717, 1.165) is 23.6 Å². The van der Waals surface area contributed by atoms with Crippen LogP contribution in [0.1, 0.15) is 22.1 Å². The second-order valence-electron chi connectivity index (χ2n) is 5.40. The van der Waals surface area contributed by atoms with Crippen molar-refractivity contribution in [1.82, 2.24) is 24.4 Å². The molecule has 1 amide bonds. The highest BCUT2D eigenvalue weighted by molar-refractivity contribution is 6.35. The van der Waals surface area contributed by atoms with Crippen molar-refractivity contribution in [1.29, 1.82) is 0 Å². The highest BCUT2D eigenvalue weighted by Gasteiger charge is 2.25. The number of rotatable bonds is 1. The molecule has 0 saturated heterocycles. The molecular weight excluding hydrogens is 302 g/mol. The van der Waals surface area contributed by atoms with Crippen molar-refractivity contribution in [2.45, 2.75) is 20.0 Å². The van der Waals surface area contributed by atoms with Crippen molar-refractivity contribution in [2.75, 3.05) is 6.54 Å². The van der Waals surface area contributed by atoms with Gasteiger partial charge >= 0.3 is 0 Å². The molecule has 0 atom stereocenters. The smallest absolute Gasteiger partial charge is 0.290 e. The van der Waals surface area contributed by atoms with Crippen molar-refractivity contribution in [3.05, 3.63) is 46.8 Å². The minimum Gasteiger partial charge on any atom is -0.334 e. The monoisotopic (exact) mass is 315 g/mol. The fourth-order valence-electron chi connectivity index (χ4n) is 2.86. The number of para-hydroxylation sites is 1. The SMILES string of the molecule is Cc1ncc2n1CCN(C(=O)c1nc3c(Cl)cccc3[nH]1)C2. The molecule has 4 rings (SSSR count). The van der Waals surface area contributed by atoms with Gasteiger partial charge in [0.1, 0.15) is 11.3 Å². The molecule has 3 heterocycles. The summed E-state index contributed by atoms with van der Waals surface area (Å²) in [5, 5.41) is 0.542. The van der Waals surface area contributed by atoms with Gasteiger partial charge in [0.2, 0.25) is 0 Å². The largest absolute Gasteiger partial charge is 0.334 e. The molecule has 0 radical (unpaired) electrons. The second kappa shape index (κ2) is 4.84. The summed E-state index contributed by atoms with van der Waals surface area (Å²) in [4.78, 5) is 26.1. The normalized spacial score (nSPS) is 14.4. The number of nitrogens with one attached hydrogen (secondary N) is 1. The van der Waals surface area contributed by atoms with Crippen molar-refractivity contribution in [3.8, 4) is 0 Å². The predicted molar refractivity (Wildman–Crippen MR) is 82.8 cm³/mol. The summed E-state index contributed by atoms with van der Waals surface area (Å²) >= 11 is 6.11. The Morgan fingerprint density at radius 3 is 3.05 bits per heavy atom. The molecule has 0 fully saturated rings. The highest BCUT2D eigenvalue weighted by atomic mass is 35.5. The van der Waals surface area contributed by atoms with Gasteiger partial charge in [0.15, 0.2) is 5.82 Å². The number of aryl methyl sites for hydroxylation is 1. The lowest BCUT2D eigenvalue weighted by Crippen LogP contribution is -2.38. The molecule has 0 aliphatic carbocycles. The zero-order chi connectivity index (χ0) is 15.3. The van der Waals surface area contributed by atoms with Crippen molar-refractivity contribution < 1.29 is 4.79 Å². The lowest BCUT2D eigenvalue weighted by Gasteiger charge is -2.28. The molecule has 3 aromatic rings. The van der Waals surface area contributed by atoms with Crippen molar-refractivity contribution in [3.63, 3.8) is 0 Å². The summed E-state index contributed by atoms with van der Waals surface area (Å²) in [5.41, 5.74) is 2.45. The Kier molecular flexibility index (Phi) is 2.94. The Hall–Kier alpha value is -2.34. The molecule has 112 valence electrons. The maximum Gasteiger partial charge on any atom is 0.290 e.